The Balaban J connectivity index is 1.59. The number of sulfone groups is 1. The minimum atomic E-state index is -2.92. The van der Waals surface area contributed by atoms with Crippen LogP contribution in [0.1, 0.15) is 22.7 Å². The summed E-state index contributed by atoms with van der Waals surface area (Å²) in [7, 11) is -2.92. The SMILES string of the molecule is Cc1ccc2c(c1C)OC[C@@H]2NC(=O)CN1CCS(=O)(=O)CC1. The largest absolute Gasteiger partial charge is 0.490 e. The zero-order chi connectivity index (χ0) is 16.6. The van der Waals surface area contributed by atoms with Crippen molar-refractivity contribution in [3.8, 4) is 5.75 Å². The molecule has 23 heavy (non-hydrogen) atoms. The minimum absolute atomic E-state index is 0.0935. The fourth-order valence-electron chi connectivity index (χ4n) is 3.00. The van der Waals surface area contributed by atoms with Crippen molar-refractivity contribution in [3.05, 3.63) is 28.8 Å². The summed E-state index contributed by atoms with van der Waals surface area (Å²) in [6.07, 6.45) is 0. The number of fused-ring (bicyclic) bond motifs is 1. The van der Waals surface area contributed by atoms with Crippen LogP contribution in [0.25, 0.3) is 0 Å². The third-order valence-corrected chi connectivity index (χ3v) is 6.23. The number of aryl methyl sites for hydroxylation is 1. The van der Waals surface area contributed by atoms with Gasteiger partial charge >= 0.3 is 0 Å². The summed E-state index contributed by atoms with van der Waals surface area (Å²) in [4.78, 5) is 14.1. The molecule has 1 amide bonds. The molecule has 0 unspecified atom stereocenters. The molecule has 0 saturated carbocycles. The first kappa shape index (κ1) is 16.3. The van der Waals surface area contributed by atoms with Crippen LogP contribution in [0, 0.1) is 13.8 Å². The number of nitrogens with zero attached hydrogens (tertiary/aromatic N) is 1. The van der Waals surface area contributed by atoms with Crippen molar-refractivity contribution in [1.29, 1.82) is 0 Å². The highest BCUT2D eigenvalue weighted by Gasteiger charge is 2.29. The molecule has 1 N–H and O–H groups in total. The van der Waals surface area contributed by atoms with E-state index in [2.05, 4.69) is 5.32 Å². The van der Waals surface area contributed by atoms with Gasteiger partial charge < -0.3 is 10.1 Å². The number of carbonyl (C=O) groups is 1. The lowest BCUT2D eigenvalue weighted by Gasteiger charge is -2.26. The number of benzene rings is 1. The molecule has 2 heterocycles. The molecule has 0 aromatic heterocycles. The topological polar surface area (TPSA) is 75.7 Å². The number of amides is 1. The fourth-order valence-corrected chi connectivity index (χ4v) is 4.28. The van der Waals surface area contributed by atoms with Gasteiger partial charge in [0.15, 0.2) is 9.84 Å². The second kappa shape index (κ2) is 6.13. The predicted molar refractivity (Wildman–Crippen MR) is 87.4 cm³/mol. The fraction of sp³-hybridized carbons (Fsp3) is 0.562. The van der Waals surface area contributed by atoms with Crippen LogP contribution in [-0.4, -0.2) is 57.0 Å². The van der Waals surface area contributed by atoms with Crippen molar-refractivity contribution < 1.29 is 17.9 Å². The monoisotopic (exact) mass is 338 g/mol. The Hall–Kier alpha value is -1.60. The number of hydrogen-bond acceptors (Lipinski definition) is 5. The van der Waals surface area contributed by atoms with E-state index in [1.54, 1.807) is 0 Å². The summed E-state index contributed by atoms with van der Waals surface area (Å²) in [5.41, 5.74) is 3.30. The first-order valence-electron chi connectivity index (χ1n) is 7.81. The molecular formula is C16H22N2O4S. The number of rotatable bonds is 3. The molecule has 1 atom stereocenters. The molecule has 1 saturated heterocycles. The van der Waals surface area contributed by atoms with Crippen LogP contribution in [0.15, 0.2) is 12.1 Å². The van der Waals surface area contributed by atoms with Gasteiger partial charge in [-0.15, -0.1) is 0 Å². The zero-order valence-electron chi connectivity index (χ0n) is 13.5. The van der Waals surface area contributed by atoms with Crippen molar-refractivity contribution in [2.75, 3.05) is 37.7 Å². The quantitative estimate of drug-likeness (QED) is 0.873. The standard InChI is InChI=1S/C16H22N2O4S/c1-11-3-4-13-14(10-22-16(13)12(11)2)17-15(19)9-18-5-7-23(20,21)8-6-18/h3-4,14H,5-10H2,1-2H3,(H,17,19)/t14-/m0/s1. The van der Waals surface area contributed by atoms with Gasteiger partial charge in [0.05, 0.1) is 24.1 Å². The molecule has 2 aliphatic heterocycles. The first-order valence-corrected chi connectivity index (χ1v) is 9.63. The number of ether oxygens (including phenoxy) is 1. The van der Waals surface area contributed by atoms with Crippen LogP contribution in [0.5, 0.6) is 5.75 Å². The van der Waals surface area contributed by atoms with Gasteiger partial charge in [0.1, 0.15) is 12.4 Å². The van der Waals surface area contributed by atoms with Crippen molar-refractivity contribution in [1.82, 2.24) is 10.2 Å². The lowest BCUT2D eigenvalue weighted by Crippen LogP contribution is -2.46. The highest BCUT2D eigenvalue weighted by Crippen LogP contribution is 2.36. The average molecular weight is 338 g/mol. The van der Waals surface area contributed by atoms with Crippen LogP contribution >= 0.6 is 0 Å². The lowest BCUT2D eigenvalue weighted by atomic mass is 10.0. The predicted octanol–water partition coefficient (Wildman–Crippen LogP) is 0.584. The Morgan fingerprint density at radius 2 is 2.00 bits per heavy atom. The molecule has 6 nitrogen and oxygen atoms in total. The van der Waals surface area contributed by atoms with E-state index >= 15 is 0 Å². The Kier molecular flexibility index (Phi) is 4.33. The normalized spacial score (nSPS) is 23.1. The Bertz CT molecular complexity index is 716. The van der Waals surface area contributed by atoms with Crippen LogP contribution in [0.4, 0.5) is 0 Å². The smallest absolute Gasteiger partial charge is 0.234 e. The van der Waals surface area contributed by atoms with E-state index in [9.17, 15) is 13.2 Å². The van der Waals surface area contributed by atoms with E-state index in [0.717, 1.165) is 16.9 Å². The average Bonchev–Trinajstić information content (AvgIpc) is 2.89. The third kappa shape index (κ3) is 3.50. The van der Waals surface area contributed by atoms with Crippen LogP contribution in [0.3, 0.4) is 0 Å². The molecule has 3 rings (SSSR count). The summed E-state index contributed by atoms with van der Waals surface area (Å²) < 4.78 is 28.6. The lowest BCUT2D eigenvalue weighted by molar-refractivity contribution is -0.123. The third-order valence-electron chi connectivity index (χ3n) is 4.62. The van der Waals surface area contributed by atoms with Crippen LogP contribution < -0.4 is 10.1 Å². The summed E-state index contributed by atoms with van der Waals surface area (Å²) in [6, 6.07) is 3.91. The summed E-state index contributed by atoms with van der Waals surface area (Å²) in [5, 5.41) is 2.99. The molecular weight excluding hydrogens is 316 g/mol. The Morgan fingerprint density at radius 1 is 1.30 bits per heavy atom. The molecule has 0 radical (unpaired) electrons. The molecule has 7 heteroatoms. The maximum Gasteiger partial charge on any atom is 0.234 e. The number of hydrogen-bond donors (Lipinski definition) is 1. The van der Waals surface area contributed by atoms with E-state index in [1.807, 2.05) is 30.9 Å². The highest BCUT2D eigenvalue weighted by molar-refractivity contribution is 7.91. The first-order chi connectivity index (χ1) is 10.9. The van der Waals surface area contributed by atoms with E-state index in [-0.39, 0.29) is 30.0 Å². The molecule has 2 aliphatic rings. The van der Waals surface area contributed by atoms with Gasteiger partial charge in [-0.2, -0.15) is 0 Å². The van der Waals surface area contributed by atoms with Crippen LogP contribution in [0.2, 0.25) is 0 Å². The van der Waals surface area contributed by atoms with Gasteiger partial charge in [-0.05, 0) is 25.0 Å². The molecule has 0 aliphatic carbocycles. The second-order valence-electron chi connectivity index (χ2n) is 6.28. The highest BCUT2D eigenvalue weighted by atomic mass is 32.2. The Labute approximate surface area is 136 Å². The van der Waals surface area contributed by atoms with Crippen LogP contribution in [-0.2, 0) is 14.6 Å². The zero-order valence-corrected chi connectivity index (χ0v) is 14.3. The molecule has 0 bridgehead atoms. The molecule has 1 aromatic rings. The van der Waals surface area contributed by atoms with Gasteiger partial charge in [-0.25, -0.2) is 8.42 Å². The van der Waals surface area contributed by atoms with Gasteiger partial charge in [-0.1, -0.05) is 12.1 Å². The summed E-state index contributed by atoms with van der Waals surface area (Å²) in [6.45, 7) is 5.57. The Morgan fingerprint density at radius 3 is 2.70 bits per heavy atom. The van der Waals surface area contributed by atoms with Gasteiger partial charge in [0.25, 0.3) is 0 Å². The van der Waals surface area contributed by atoms with E-state index in [0.29, 0.717) is 19.7 Å². The number of nitrogens with one attached hydrogen (secondary N) is 1. The molecule has 0 spiro atoms. The van der Waals surface area contributed by atoms with Crippen molar-refractivity contribution in [2.45, 2.75) is 19.9 Å². The van der Waals surface area contributed by atoms with E-state index in [1.165, 1.54) is 5.56 Å². The maximum absolute atomic E-state index is 12.2. The molecule has 1 aromatic carbocycles. The number of carbonyl (C=O) groups excluding carboxylic acids is 1. The minimum Gasteiger partial charge on any atom is -0.490 e. The van der Waals surface area contributed by atoms with Crippen molar-refractivity contribution in [3.63, 3.8) is 0 Å². The van der Waals surface area contributed by atoms with Gasteiger partial charge in [0, 0.05) is 18.7 Å². The molecule has 1 fully saturated rings. The van der Waals surface area contributed by atoms with Crippen molar-refractivity contribution in [2.24, 2.45) is 0 Å². The van der Waals surface area contributed by atoms with Gasteiger partial charge in [-0.3, -0.25) is 9.69 Å². The van der Waals surface area contributed by atoms with Crippen molar-refractivity contribution >= 4 is 15.7 Å². The molecule has 126 valence electrons. The summed E-state index contributed by atoms with van der Waals surface area (Å²) in [5.74, 6) is 1.05. The van der Waals surface area contributed by atoms with E-state index < -0.39 is 9.84 Å². The second-order valence-corrected chi connectivity index (χ2v) is 8.59. The maximum atomic E-state index is 12.2. The summed E-state index contributed by atoms with van der Waals surface area (Å²) >= 11 is 0. The van der Waals surface area contributed by atoms with E-state index in [4.69, 9.17) is 4.74 Å². The van der Waals surface area contributed by atoms with Gasteiger partial charge in [0.2, 0.25) is 5.91 Å².